The van der Waals surface area contributed by atoms with Gasteiger partial charge in [-0.15, -0.1) is 0 Å². The molecule has 0 aliphatic carbocycles. The number of rotatable bonds is 4. The maximum atomic E-state index is 13.7. The SMILES string of the molecule is O=C(c1ccccc1-c1cccc(F)c1)N1CCC[C@@H](Nc2ncc(Br)cn2)C1. The highest BCUT2D eigenvalue weighted by atomic mass is 79.9. The average Bonchev–Trinajstić information content (AvgIpc) is 2.75. The maximum Gasteiger partial charge on any atom is 0.254 e. The smallest absolute Gasteiger partial charge is 0.254 e. The summed E-state index contributed by atoms with van der Waals surface area (Å²) in [5.74, 6) is 0.183. The summed E-state index contributed by atoms with van der Waals surface area (Å²) in [6, 6.07) is 13.8. The second kappa shape index (κ2) is 8.69. The molecule has 1 amide bonds. The Balaban J connectivity index is 1.53. The lowest BCUT2D eigenvalue weighted by Crippen LogP contribution is -2.45. The Bertz CT molecular complexity index is 1010. The second-order valence-corrected chi connectivity index (χ2v) is 7.93. The van der Waals surface area contributed by atoms with E-state index < -0.39 is 0 Å². The molecular formula is C22H20BrFN4O. The Hall–Kier alpha value is -2.80. The molecule has 3 aromatic rings. The molecule has 1 aliphatic heterocycles. The predicted molar refractivity (Wildman–Crippen MR) is 114 cm³/mol. The minimum absolute atomic E-state index is 0.0481. The summed E-state index contributed by atoms with van der Waals surface area (Å²) in [4.78, 5) is 23.6. The number of nitrogens with zero attached hydrogens (tertiary/aromatic N) is 3. The van der Waals surface area contributed by atoms with E-state index in [2.05, 4.69) is 31.2 Å². The molecule has 1 atom stereocenters. The Labute approximate surface area is 177 Å². The van der Waals surface area contributed by atoms with Gasteiger partial charge in [0, 0.05) is 37.1 Å². The Morgan fingerprint density at radius 1 is 1.14 bits per heavy atom. The van der Waals surface area contributed by atoms with Crippen LogP contribution in [0.25, 0.3) is 11.1 Å². The lowest BCUT2D eigenvalue weighted by atomic mass is 9.97. The quantitative estimate of drug-likeness (QED) is 0.617. The molecule has 1 aromatic heterocycles. The van der Waals surface area contributed by atoms with E-state index in [1.54, 1.807) is 24.5 Å². The standard InChI is InChI=1S/C22H20BrFN4O/c23-16-12-25-22(26-13-16)27-18-7-4-10-28(14-18)21(29)20-9-2-1-8-19(20)15-5-3-6-17(24)11-15/h1-3,5-6,8-9,11-13,18H,4,7,10,14H2,(H,25,26,27)/t18-/m1/s1. The van der Waals surface area contributed by atoms with E-state index in [0.29, 0.717) is 30.2 Å². The van der Waals surface area contributed by atoms with Crippen molar-refractivity contribution in [3.8, 4) is 11.1 Å². The Morgan fingerprint density at radius 3 is 2.72 bits per heavy atom. The average molecular weight is 455 g/mol. The summed E-state index contributed by atoms with van der Waals surface area (Å²) < 4.78 is 14.5. The van der Waals surface area contributed by atoms with Gasteiger partial charge in [-0.1, -0.05) is 30.3 Å². The summed E-state index contributed by atoms with van der Waals surface area (Å²) in [7, 11) is 0. The van der Waals surface area contributed by atoms with Crippen LogP contribution in [0.15, 0.2) is 65.4 Å². The number of hydrogen-bond donors (Lipinski definition) is 1. The van der Waals surface area contributed by atoms with E-state index >= 15 is 0 Å². The molecule has 7 heteroatoms. The summed E-state index contributed by atoms with van der Waals surface area (Å²) in [6.07, 6.45) is 5.21. The van der Waals surface area contributed by atoms with Crippen LogP contribution >= 0.6 is 15.9 Å². The van der Waals surface area contributed by atoms with Crippen molar-refractivity contribution >= 4 is 27.8 Å². The van der Waals surface area contributed by atoms with Gasteiger partial charge in [0.05, 0.1) is 4.47 Å². The molecule has 0 radical (unpaired) electrons. The normalized spacial score (nSPS) is 16.5. The number of carbonyl (C=O) groups excluding carboxylic acids is 1. The third-order valence-electron chi connectivity index (χ3n) is 4.96. The van der Waals surface area contributed by atoms with Gasteiger partial charge in [-0.3, -0.25) is 4.79 Å². The van der Waals surface area contributed by atoms with Gasteiger partial charge in [-0.25, -0.2) is 14.4 Å². The van der Waals surface area contributed by atoms with Crippen LogP contribution in [0.5, 0.6) is 0 Å². The zero-order chi connectivity index (χ0) is 20.2. The summed E-state index contributed by atoms with van der Waals surface area (Å²) in [6.45, 7) is 1.26. The van der Waals surface area contributed by atoms with Crippen LogP contribution in [0.2, 0.25) is 0 Å². The monoisotopic (exact) mass is 454 g/mol. The number of halogens is 2. The largest absolute Gasteiger partial charge is 0.350 e. The zero-order valence-corrected chi connectivity index (χ0v) is 17.3. The van der Waals surface area contributed by atoms with Gasteiger partial charge >= 0.3 is 0 Å². The zero-order valence-electron chi connectivity index (χ0n) is 15.7. The van der Waals surface area contributed by atoms with Crippen molar-refractivity contribution in [3.63, 3.8) is 0 Å². The molecule has 4 rings (SSSR count). The van der Waals surface area contributed by atoms with Crippen LogP contribution in [-0.2, 0) is 0 Å². The van der Waals surface area contributed by atoms with E-state index in [0.717, 1.165) is 22.9 Å². The van der Waals surface area contributed by atoms with Crippen molar-refractivity contribution in [3.05, 3.63) is 76.8 Å². The molecule has 0 saturated carbocycles. The van der Waals surface area contributed by atoms with Crippen LogP contribution in [0.3, 0.4) is 0 Å². The first-order valence-corrected chi connectivity index (χ1v) is 10.3. The Kier molecular flexibility index (Phi) is 5.85. The molecule has 2 aromatic carbocycles. The van der Waals surface area contributed by atoms with Crippen LogP contribution in [-0.4, -0.2) is 39.9 Å². The van der Waals surface area contributed by atoms with Gasteiger partial charge in [0.1, 0.15) is 5.82 Å². The number of carbonyl (C=O) groups is 1. The highest BCUT2D eigenvalue weighted by molar-refractivity contribution is 9.10. The first-order valence-electron chi connectivity index (χ1n) is 9.48. The second-order valence-electron chi connectivity index (χ2n) is 7.02. The van der Waals surface area contributed by atoms with Crippen LogP contribution < -0.4 is 5.32 Å². The van der Waals surface area contributed by atoms with Gasteiger partial charge in [0.15, 0.2) is 0 Å². The molecule has 5 nitrogen and oxygen atoms in total. The minimum atomic E-state index is -0.318. The van der Waals surface area contributed by atoms with E-state index in [4.69, 9.17) is 0 Å². The van der Waals surface area contributed by atoms with E-state index in [-0.39, 0.29) is 17.8 Å². The molecule has 0 spiro atoms. The fourth-order valence-electron chi connectivity index (χ4n) is 3.60. The number of anilines is 1. The van der Waals surface area contributed by atoms with E-state index in [9.17, 15) is 9.18 Å². The predicted octanol–water partition coefficient (Wildman–Crippen LogP) is 4.76. The summed E-state index contributed by atoms with van der Waals surface area (Å²) >= 11 is 3.33. The number of hydrogen-bond acceptors (Lipinski definition) is 4. The van der Waals surface area contributed by atoms with Crippen molar-refractivity contribution in [1.29, 1.82) is 0 Å². The topological polar surface area (TPSA) is 58.1 Å². The Morgan fingerprint density at radius 2 is 1.93 bits per heavy atom. The molecule has 1 N–H and O–H groups in total. The summed E-state index contributed by atoms with van der Waals surface area (Å²) in [5, 5.41) is 3.31. The fourth-order valence-corrected chi connectivity index (χ4v) is 3.80. The highest BCUT2D eigenvalue weighted by Crippen LogP contribution is 2.26. The number of nitrogens with one attached hydrogen (secondary N) is 1. The van der Waals surface area contributed by atoms with Crippen molar-refractivity contribution in [2.75, 3.05) is 18.4 Å². The van der Waals surface area contributed by atoms with E-state index in [1.807, 2.05) is 29.2 Å². The molecule has 1 fully saturated rings. The van der Waals surface area contributed by atoms with Crippen molar-refractivity contribution in [2.24, 2.45) is 0 Å². The maximum absolute atomic E-state index is 13.7. The molecule has 2 heterocycles. The van der Waals surface area contributed by atoms with Crippen LogP contribution in [0, 0.1) is 5.82 Å². The lowest BCUT2D eigenvalue weighted by Gasteiger charge is -2.33. The number of piperidine rings is 1. The minimum Gasteiger partial charge on any atom is -0.350 e. The molecule has 148 valence electrons. The van der Waals surface area contributed by atoms with Gasteiger partial charge in [0.2, 0.25) is 5.95 Å². The summed E-state index contributed by atoms with van der Waals surface area (Å²) in [5.41, 5.74) is 2.02. The highest BCUT2D eigenvalue weighted by Gasteiger charge is 2.26. The van der Waals surface area contributed by atoms with E-state index in [1.165, 1.54) is 12.1 Å². The molecule has 1 aliphatic rings. The molecule has 0 bridgehead atoms. The molecule has 29 heavy (non-hydrogen) atoms. The lowest BCUT2D eigenvalue weighted by molar-refractivity contribution is 0.0715. The first-order chi connectivity index (χ1) is 14.1. The number of aromatic nitrogens is 2. The van der Waals surface area contributed by atoms with Crippen LogP contribution in [0.1, 0.15) is 23.2 Å². The van der Waals surface area contributed by atoms with Gasteiger partial charge in [0.25, 0.3) is 5.91 Å². The molecule has 0 unspecified atom stereocenters. The first kappa shape index (κ1) is 19.5. The number of benzene rings is 2. The van der Waals surface area contributed by atoms with Gasteiger partial charge in [-0.2, -0.15) is 0 Å². The number of amides is 1. The van der Waals surface area contributed by atoms with Crippen molar-refractivity contribution in [1.82, 2.24) is 14.9 Å². The van der Waals surface area contributed by atoms with Crippen molar-refractivity contribution in [2.45, 2.75) is 18.9 Å². The fraction of sp³-hybridized carbons (Fsp3) is 0.227. The third-order valence-corrected chi connectivity index (χ3v) is 5.36. The van der Waals surface area contributed by atoms with Crippen LogP contribution in [0.4, 0.5) is 10.3 Å². The molecule has 1 saturated heterocycles. The van der Waals surface area contributed by atoms with Gasteiger partial charge in [-0.05, 0) is 58.1 Å². The van der Waals surface area contributed by atoms with Gasteiger partial charge < -0.3 is 10.2 Å². The van der Waals surface area contributed by atoms with Crippen molar-refractivity contribution < 1.29 is 9.18 Å². The number of likely N-dealkylation sites (tertiary alicyclic amines) is 1. The third kappa shape index (κ3) is 4.62. The molecular weight excluding hydrogens is 435 g/mol.